The third-order valence-corrected chi connectivity index (χ3v) is 5.40. The van der Waals surface area contributed by atoms with E-state index >= 15 is 0 Å². The van der Waals surface area contributed by atoms with Gasteiger partial charge in [-0.2, -0.15) is 0 Å². The maximum absolute atomic E-state index is 13.1. The summed E-state index contributed by atoms with van der Waals surface area (Å²) in [6.07, 6.45) is -0.406. The summed E-state index contributed by atoms with van der Waals surface area (Å²) in [5.41, 5.74) is 0.351. The van der Waals surface area contributed by atoms with Gasteiger partial charge in [-0.15, -0.1) is 0 Å². The number of carbonyl (C=O) groups is 1. The van der Waals surface area contributed by atoms with Gasteiger partial charge in [-0.25, -0.2) is 8.42 Å². The van der Waals surface area contributed by atoms with Crippen molar-refractivity contribution >= 4 is 27.4 Å². The van der Waals surface area contributed by atoms with Gasteiger partial charge < -0.3 is 4.74 Å². The molecule has 0 N–H and O–H groups in total. The van der Waals surface area contributed by atoms with Crippen molar-refractivity contribution in [3.05, 3.63) is 64.2 Å². The Morgan fingerprint density at radius 1 is 1.19 bits per heavy atom. The Bertz CT molecular complexity index is 942. The normalized spacial score (nSPS) is 11.3. The molecule has 0 saturated carbocycles. The van der Waals surface area contributed by atoms with E-state index in [1.165, 1.54) is 30.3 Å². The Morgan fingerprint density at radius 2 is 1.81 bits per heavy atom. The molecule has 0 aliphatic carbocycles. The zero-order chi connectivity index (χ0) is 20.2. The molecule has 0 radical (unpaired) electrons. The van der Waals surface area contributed by atoms with Gasteiger partial charge in [0.05, 0.1) is 21.6 Å². The first-order valence-electron chi connectivity index (χ1n) is 8.15. The lowest BCUT2D eigenvalue weighted by Crippen LogP contribution is -2.37. The van der Waals surface area contributed by atoms with E-state index in [0.29, 0.717) is 5.56 Å². The maximum atomic E-state index is 13.1. The second-order valence-electron chi connectivity index (χ2n) is 6.09. The maximum Gasteiger partial charge on any atom is 0.327 e. The van der Waals surface area contributed by atoms with Gasteiger partial charge in [-0.05, 0) is 44.5 Å². The number of non-ortho nitro benzene ring substituents is 1. The van der Waals surface area contributed by atoms with Crippen molar-refractivity contribution < 1.29 is 22.9 Å². The summed E-state index contributed by atoms with van der Waals surface area (Å²) in [6.45, 7) is 4.31. The number of nitro benzene ring substituents is 1. The molecule has 0 spiro atoms. The minimum Gasteiger partial charge on any atom is -0.462 e. The summed E-state index contributed by atoms with van der Waals surface area (Å²) in [7, 11) is -4.08. The van der Waals surface area contributed by atoms with E-state index < -0.39 is 33.6 Å². The Morgan fingerprint density at radius 3 is 2.33 bits per heavy atom. The van der Waals surface area contributed by atoms with Gasteiger partial charge in [-0.3, -0.25) is 19.2 Å². The predicted octanol–water partition coefficient (Wildman–Crippen LogP) is 3.05. The summed E-state index contributed by atoms with van der Waals surface area (Å²) in [4.78, 5) is 22.5. The van der Waals surface area contributed by atoms with Crippen LogP contribution in [0.1, 0.15) is 19.4 Å². The van der Waals surface area contributed by atoms with Crippen LogP contribution in [0.5, 0.6) is 0 Å². The average molecular weight is 392 g/mol. The minimum absolute atomic E-state index is 0.0000923. The fraction of sp³-hybridized carbons (Fsp3) is 0.278. The van der Waals surface area contributed by atoms with Gasteiger partial charge in [0, 0.05) is 12.1 Å². The van der Waals surface area contributed by atoms with E-state index in [1.807, 2.05) is 0 Å². The third kappa shape index (κ3) is 4.82. The third-order valence-electron chi connectivity index (χ3n) is 3.63. The van der Waals surface area contributed by atoms with Crippen molar-refractivity contribution in [3.63, 3.8) is 0 Å². The minimum atomic E-state index is -4.08. The van der Waals surface area contributed by atoms with E-state index in [4.69, 9.17) is 4.74 Å². The number of sulfonamides is 1. The van der Waals surface area contributed by atoms with E-state index in [9.17, 15) is 23.3 Å². The smallest absolute Gasteiger partial charge is 0.327 e. The van der Waals surface area contributed by atoms with E-state index in [1.54, 1.807) is 39.0 Å². The molecule has 0 aliphatic heterocycles. The van der Waals surface area contributed by atoms with Crippen molar-refractivity contribution in [1.82, 2.24) is 0 Å². The van der Waals surface area contributed by atoms with Gasteiger partial charge in [0.25, 0.3) is 15.7 Å². The monoisotopic (exact) mass is 392 g/mol. The van der Waals surface area contributed by atoms with Gasteiger partial charge in [0.15, 0.2) is 0 Å². The van der Waals surface area contributed by atoms with Crippen LogP contribution in [0.2, 0.25) is 0 Å². The van der Waals surface area contributed by atoms with Crippen LogP contribution >= 0.6 is 0 Å². The van der Waals surface area contributed by atoms with Crippen LogP contribution in [0.4, 0.5) is 11.4 Å². The molecular formula is C18H20N2O6S. The Hall–Kier alpha value is -2.94. The Kier molecular flexibility index (Phi) is 6.17. The van der Waals surface area contributed by atoms with E-state index in [2.05, 4.69) is 0 Å². The van der Waals surface area contributed by atoms with Crippen molar-refractivity contribution in [2.24, 2.45) is 0 Å². The molecule has 0 heterocycles. The molecule has 9 heteroatoms. The van der Waals surface area contributed by atoms with E-state index in [0.717, 1.165) is 4.31 Å². The van der Waals surface area contributed by atoms with Crippen LogP contribution < -0.4 is 4.31 Å². The van der Waals surface area contributed by atoms with Gasteiger partial charge in [0.2, 0.25) is 0 Å². The highest BCUT2D eigenvalue weighted by Gasteiger charge is 2.29. The summed E-state index contributed by atoms with van der Waals surface area (Å²) in [5.74, 6) is -0.720. The number of benzene rings is 2. The molecule has 0 unspecified atom stereocenters. The Labute approximate surface area is 157 Å². The second kappa shape index (κ2) is 8.17. The lowest BCUT2D eigenvalue weighted by Gasteiger charge is -2.25. The van der Waals surface area contributed by atoms with Crippen LogP contribution in [0.3, 0.4) is 0 Å². The highest BCUT2D eigenvalue weighted by Crippen LogP contribution is 2.29. The predicted molar refractivity (Wildman–Crippen MR) is 100 cm³/mol. The number of nitro groups is 1. The number of rotatable bonds is 7. The molecule has 0 fully saturated rings. The highest BCUT2D eigenvalue weighted by molar-refractivity contribution is 7.92. The number of hydrogen-bond acceptors (Lipinski definition) is 6. The van der Waals surface area contributed by atoms with Gasteiger partial charge in [-0.1, -0.05) is 18.2 Å². The number of esters is 1. The first-order chi connectivity index (χ1) is 12.6. The zero-order valence-electron chi connectivity index (χ0n) is 15.2. The number of hydrogen-bond donors (Lipinski definition) is 0. The molecule has 0 aromatic heterocycles. The molecule has 144 valence electrons. The number of aryl methyl sites for hydroxylation is 1. The van der Waals surface area contributed by atoms with Crippen molar-refractivity contribution in [2.45, 2.75) is 31.8 Å². The van der Waals surface area contributed by atoms with Gasteiger partial charge >= 0.3 is 5.97 Å². The van der Waals surface area contributed by atoms with Crippen LogP contribution in [0, 0.1) is 17.0 Å². The molecule has 0 saturated heterocycles. The van der Waals surface area contributed by atoms with Crippen LogP contribution in [0.25, 0.3) is 0 Å². The summed E-state index contributed by atoms with van der Waals surface area (Å²) < 4.78 is 32.2. The molecule has 0 bridgehead atoms. The first-order valence-corrected chi connectivity index (χ1v) is 9.59. The van der Waals surface area contributed by atoms with Crippen molar-refractivity contribution in [1.29, 1.82) is 0 Å². The Balaban J connectivity index is 2.54. The van der Waals surface area contributed by atoms with Crippen LogP contribution in [-0.4, -0.2) is 32.0 Å². The molecule has 2 aromatic carbocycles. The largest absolute Gasteiger partial charge is 0.462 e. The number of carbonyl (C=O) groups excluding carboxylic acids is 1. The highest BCUT2D eigenvalue weighted by atomic mass is 32.2. The topological polar surface area (TPSA) is 107 Å². The molecule has 0 amide bonds. The first kappa shape index (κ1) is 20.4. The van der Waals surface area contributed by atoms with Crippen LogP contribution in [0.15, 0.2) is 53.4 Å². The molecule has 2 aromatic rings. The van der Waals surface area contributed by atoms with Gasteiger partial charge in [0.1, 0.15) is 6.54 Å². The number of anilines is 1. The SMILES string of the molecule is Cc1cc([N+](=O)[O-])ccc1N(CC(=O)OC(C)C)S(=O)(=O)c1ccccc1. The summed E-state index contributed by atoms with van der Waals surface area (Å²) in [5, 5.41) is 11.0. The number of ether oxygens (including phenoxy) is 1. The fourth-order valence-corrected chi connectivity index (χ4v) is 3.96. The average Bonchev–Trinajstić information content (AvgIpc) is 2.60. The summed E-state index contributed by atoms with van der Waals surface area (Å²) >= 11 is 0. The van der Waals surface area contributed by atoms with E-state index in [-0.39, 0.29) is 16.3 Å². The van der Waals surface area contributed by atoms with Crippen molar-refractivity contribution in [3.8, 4) is 0 Å². The lowest BCUT2D eigenvalue weighted by molar-refractivity contribution is -0.384. The summed E-state index contributed by atoms with van der Waals surface area (Å²) in [6, 6.07) is 11.4. The molecule has 8 nitrogen and oxygen atoms in total. The molecule has 27 heavy (non-hydrogen) atoms. The second-order valence-corrected chi connectivity index (χ2v) is 7.95. The standard InChI is InChI=1S/C18H20N2O6S/c1-13(2)26-18(21)12-19(27(24,25)16-7-5-4-6-8-16)17-10-9-15(20(22)23)11-14(17)3/h4-11,13H,12H2,1-3H3. The zero-order valence-corrected chi connectivity index (χ0v) is 16.0. The molecular weight excluding hydrogens is 372 g/mol. The quantitative estimate of drug-likeness (QED) is 0.407. The lowest BCUT2D eigenvalue weighted by atomic mass is 10.2. The molecule has 2 rings (SSSR count). The van der Waals surface area contributed by atoms with Crippen LogP contribution in [-0.2, 0) is 19.6 Å². The molecule has 0 aliphatic rings. The number of nitrogens with zero attached hydrogens (tertiary/aromatic N) is 2. The molecule has 0 atom stereocenters. The van der Waals surface area contributed by atoms with Crippen molar-refractivity contribution in [2.75, 3.05) is 10.8 Å². The fourth-order valence-electron chi connectivity index (χ4n) is 2.47.